The number of esters is 1. The van der Waals surface area contributed by atoms with Crippen molar-refractivity contribution in [2.75, 3.05) is 19.0 Å². The van der Waals surface area contributed by atoms with Gasteiger partial charge in [0.15, 0.2) is 0 Å². The van der Waals surface area contributed by atoms with E-state index in [1.807, 2.05) is 0 Å². The van der Waals surface area contributed by atoms with Gasteiger partial charge in [0, 0.05) is 16.6 Å². The van der Waals surface area contributed by atoms with E-state index in [9.17, 15) is 13.6 Å². The zero-order chi connectivity index (χ0) is 13.7. The minimum Gasteiger partial charge on any atom is -0.466 e. The Morgan fingerprint density at radius 3 is 2.50 bits per heavy atom. The van der Waals surface area contributed by atoms with Crippen molar-refractivity contribution >= 4 is 27.6 Å². The molecule has 0 atom stereocenters. The first-order valence-electron chi connectivity index (χ1n) is 5.09. The molecule has 0 aliphatic rings. The quantitative estimate of drug-likeness (QED) is 0.684. The van der Waals surface area contributed by atoms with Gasteiger partial charge in [-0.3, -0.25) is 0 Å². The highest BCUT2D eigenvalue weighted by Crippen LogP contribution is 2.23. The maximum atomic E-state index is 13.4. The summed E-state index contributed by atoms with van der Waals surface area (Å²) < 4.78 is 31.6. The summed E-state index contributed by atoms with van der Waals surface area (Å²) in [6.45, 7) is 1.68. The van der Waals surface area contributed by atoms with Crippen LogP contribution in [-0.2, 0) is 9.53 Å². The molecule has 0 saturated heterocycles. The van der Waals surface area contributed by atoms with E-state index < -0.39 is 17.6 Å². The zero-order valence-corrected chi connectivity index (χ0v) is 11.5. The molecule has 0 heterocycles. The largest absolute Gasteiger partial charge is 0.466 e. The molecule has 0 spiro atoms. The second kappa shape index (κ2) is 6.49. The number of nitrogens with one attached hydrogen (secondary N) is 1. The molecule has 1 rings (SSSR count). The lowest BCUT2D eigenvalue weighted by molar-refractivity contribution is -0.136. The number of halogens is 3. The molecule has 0 radical (unpaired) electrons. The highest BCUT2D eigenvalue weighted by Gasteiger charge is 2.09. The number of anilines is 1. The molecule has 0 amide bonds. The van der Waals surface area contributed by atoms with Gasteiger partial charge in [-0.1, -0.05) is 22.0 Å². The fourth-order valence-electron chi connectivity index (χ4n) is 1.26. The lowest BCUT2D eigenvalue weighted by atomic mass is 10.2. The molecular weight excluding hydrogens is 308 g/mol. The van der Waals surface area contributed by atoms with Crippen molar-refractivity contribution in [3.63, 3.8) is 0 Å². The monoisotopic (exact) mass is 319 g/mol. The Bertz CT molecular complexity index is 466. The summed E-state index contributed by atoms with van der Waals surface area (Å²) >= 11 is 2.99. The predicted molar refractivity (Wildman–Crippen MR) is 68.3 cm³/mol. The van der Waals surface area contributed by atoms with Gasteiger partial charge in [0.2, 0.25) is 0 Å². The van der Waals surface area contributed by atoms with Gasteiger partial charge in [0.05, 0.1) is 7.11 Å². The lowest BCUT2D eigenvalue weighted by Crippen LogP contribution is -2.07. The van der Waals surface area contributed by atoms with E-state index in [1.54, 1.807) is 6.92 Å². The van der Waals surface area contributed by atoms with Crippen LogP contribution >= 0.6 is 15.9 Å². The number of ether oxygens (including phenoxy) is 1. The van der Waals surface area contributed by atoms with Crippen LogP contribution in [0.4, 0.5) is 14.5 Å². The Morgan fingerprint density at radius 2 is 2.00 bits per heavy atom. The summed E-state index contributed by atoms with van der Waals surface area (Å²) in [6.07, 6.45) is 1.49. The van der Waals surface area contributed by atoms with Gasteiger partial charge in [0.25, 0.3) is 0 Å². The van der Waals surface area contributed by atoms with Crippen LogP contribution in [0.2, 0.25) is 0 Å². The van der Waals surface area contributed by atoms with E-state index in [-0.39, 0.29) is 12.2 Å². The minimum atomic E-state index is -0.703. The normalized spacial score (nSPS) is 11.3. The van der Waals surface area contributed by atoms with E-state index in [0.29, 0.717) is 10.0 Å². The second-order valence-electron chi connectivity index (χ2n) is 3.50. The van der Waals surface area contributed by atoms with Crippen LogP contribution in [0, 0.1) is 11.6 Å². The van der Waals surface area contributed by atoms with Gasteiger partial charge in [0.1, 0.15) is 17.3 Å². The summed E-state index contributed by atoms with van der Waals surface area (Å²) in [7, 11) is 1.27. The van der Waals surface area contributed by atoms with Crippen LogP contribution in [0.3, 0.4) is 0 Å². The number of hydrogen-bond donors (Lipinski definition) is 1. The molecule has 1 aromatic rings. The SMILES string of the molecule is COC(=O)C(C)=CCNc1c(F)cc(Br)cc1F. The van der Waals surface area contributed by atoms with E-state index in [1.165, 1.54) is 13.2 Å². The Kier molecular flexibility index (Phi) is 5.27. The third kappa shape index (κ3) is 3.80. The van der Waals surface area contributed by atoms with Gasteiger partial charge >= 0.3 is 5.97 Å². The van der Waals surface area contributed by atoms with E-state index in [0.717, 1.165) is 12.1 Å². The third-order valence-electron chi connectivity index (χ3n) is 2.20. The molecule has 0 aliphatic heterocycles. The van der Waals surface area contributed by atoms with E-state index in [4.69, 9.17) is 0 Å². The van der Waals surface area contributed by atoms with Gasteiger partial charge in [-0.15, -0.1) is 0 Å². The van der Waals surface area contributed by atoms with Crippen molar-refractivity contribution < 1.29 is 18.3 Å². The first-order chi connectivity index (χ1) is 8.45. The predicted octanol–water partition coefficient (Wildman–Crippen LogP) is 3.26. The van der Waals surface area contributed by atoms with Crippen molar-refractivity contribution in [2.24, 2.45) is 0 Å². The number of hydrogen-bond acceptors (Lipinski definition) is 3. The Balaban J connectivity index is 2.73. The minimum absolute atomic E-state index is 0.121. The van der Waals surface area contributed by atoms with Crippen LogP contribution in [-0.4, -0.2) is 19.6 Å². The fraction of sp³-hybridized carbons (Fsp3) is 0.250. The first kappa shape index (κ1) is 14.6. The van der Waals surface area contributed by atoms with Crippen molar-refractivity contribution in [1.82, 2.24) is 0 Å². The van der Waals surface area contributed by atoms with Crippen LogP contribution in [0.5, 0.6) is 0 Å². The molecule has 18 heavy (non-hydrogen) atoms. The average molecular weight is 320 g/mol. The molecular formula is C12H12BrF2NO2. The third-order valence-corrected chi connectivity index (χ3v) is 2.66. The van der Waals surface area contributed by atoms with Crippen molar-refractivity contribution in [3.05, 3.63) is 39.9 Å². The fourth-order valence-corrected chi connectivity index (χ4v) is 1.66. The molecule has 0 saturated carbocycles. The van der Waals surface area contributed by atoms with Crippen molar-refractivity contribution in [2.45, 2.75) is 6.92 Å². The van der Waals surface area contributed by atoms with Gasteiger partial charge in [-0.2, -0.15) is 0 Å². The Morgan fingerprint density at radius 1 is 1.44 bits per heavy atom. The number of carbonyl (C=O) groups excluding carboxylic acids is 1. The van der Waals surface area contributed by atoms with Crippen molar-refractivity contribution in [3.8, 4) is 0 Å². The Labute approximate surface area is 112 Å². The highest BCUT2D eigenvalue weighted by molar-refractivity contribution is 9.10. The summed E-state index contributed by atoms with van der Waals surface area (Å²) in [6, 6.07) is 2.31. The second-order valence-corrected chi connectivity index (χ2v) is 4.42. The van der Waals surface area contributed by atoms with E-state index in [2.05, 4.69) is 26.0 Å². The topological polar surface area (TPSA) is 38.3 Å². The van der Waals surface area contributed by atoms with Gasteiger partial charge < -0.3 is 10.1 Å². The molecule has 1 aromatic carbocycles. The summed E-state index contributed by atoms with van der Waals surface area (Å²) in [4.78, 5) is 11.1. The molecule has 0 unspecified atom stereocenters. The maximum Gasteiger partial charge on any atom is 0.333 e. The standard InChI is InChI=1S/C12H12BrF2NO2/c1-7(12(17)18-2)3-4-16-11-9(14)5-8(13)6-10(11)15/h3,5-6,16H,4H2,1-2H3. The first-order valence-corrected chi connectivity index (χ1v) is 5.88. The van der Waals surface area contributed by atoms with E-state index >= 15 is 0 Å². The molecule has 0 fully saturated rings. The lowest BCUT2D eigenvalue weighted by Gasteiger charge is -2.07. The van der Waals surface area contributed by atoms with Crippen molar-refractivity contribution in [1.29, 1.82) is 0 Å². The molecule has 98 valence electrons. The highest BCUT2D eigenvalue weighted by atomic mass is 79.9. The Hall–Kier alpha value is -1.43. The summed E-state index contributed by atoms with van der Waals surface area (Å²) in [5.41, 5.74) is 0.134. The molecule has 0 aliphatic carbocycles. The molecule has 0 bridgehead atoms. The average Bonchev–Trinajstić information content (AvgIpc) is 2.31. The van der Waals surface area contributed by atoms with Gasteiger partial charge in [-0.25, -0.2) is 13.6 Å². The molecule has 0 aromatic heterocycles. The number of carbonyl (C=O) groups is 1. The number of methoxy groups -OCH3 is 1. The maximum absolute atomic E-state index is 13.4. The molecule has 1 N–H and O–H groups in total. The van der Waals surface area contributed by atoms with Crippen LogP contribution in [0.15, 0.2) is 28.3 Å². The summed E-state index contributed by atoms with van der Waals surface area (Å²) in [5, 5.41) is 2.56. The smallest absolute Gasteiger partial charge is 0.333 e. The summed E-state index contributed by atoms with van der Waals surface area (Å²) in [5.74, 6) is -1.88. The number of rotatable bonds is 4. The van der Waals surface area contributed by atoms with Crippen LogP contribution in [0.1, 0.15) is 6.92 Å². The van der Waals surface area contributed by atoms with Crippen LogP contribution < -0.4 is 5.32 Å². The van der Waals surface area contributed by atoms with Gasteiger partial charge in [-0.05, 0) is 19.1 Å². The number of benzene rings is 1. The zero-order valence-electron chi connectivity index (χ0n) is 9.89. The molecule has 6 heteroatoms. The molecule has 3 nitrogen and oxygen atoms in total. The van der Waals surface area contributed by atoms with Crippen LogP contribution in [0.25, 0.3) is 0 Å².